The number of aromatic nitrogens is 2. The molecule has 1 aromatic heterocycles. The smallest absolute Gasteiger partial charge is 0.224 e. The van der Waals surface area contributed by atoms with Crippen molar-refractivity contribution in [3.05, 3.63) is 42.4 Å². The fourth-order valence-electron chi connectivity index (χ4n) is 3.14. The number of nitrogens with zero attached hydrogens (tertiary/aromatic N) is 2. The summed E-state index contributed by atoms with van der Waals surface area (Å²) < 4.78 is 0. The molecule has 1 aliphatic rings. The number of hydrogen-bond donors (Lipinski definition) is 2. The summed E-state index contributed by atoms with van der Waals surface area (Å²) in [7, 11) is 0. The summed E-state index contributed by atoms with van der Waals surface area (Å²) in [6.07, 6.45) is 5.44. The van der Waals surface area contributed by atoms with Gasteiger partial charge in [0, 0.05) is 29.9 Å². The van der Waals surface area contributed by atoms with E-state index in [9.17, 15) is 4.79 Å². The summed E-state index contributed by atoms with van der Waals surface area (Å²) >= 11 is 0. The van der Waals surface area contributed by atoms with Crippen LogP contribution in [0.5, 0.6) is 0 Å². The van der Waals surface area contributed by atoms with E-state index in [4.69, 9.17) is 5.73 Å². The van der Waals surface area contributed by atoms with Crippen molar-refractivity contribution < 1.29 is 4.79 Å². The first-order chi connectivity index (χ1) is 11.1. The number of nitrogens with one attached hydrogen (secondary N) is 1. The van der Waals surface area contributed by atoms with Gasteiger partial charge in [-0.2, -0.15) is 0 Å². The Morgan fingerprint density at radius 3 is 2.88 bits per heavy atom. The van der Waals surface area contributed by atoms with Gasteiger partial charge in [-0.05, 0) is 43.9 Å². The standard InChI is InChI=1S/C18H22N4O.ClH/c1-12-20-9-8-17(21-12)14-5-2-6-15(10-14)22-18(23)11-13-4-3-7-16(13)19;/h2,5-6,8-10,13,16H,3-4,7,11,19H2,1H3,(H,22,23);1H/t13-,16+;/m0./s1. The van der Waals surface area contributed by atoms with Crippen molar-refractivity contribution in [3.63, 3.8) is 0 Å². The number of carbonyl (C=O) groups excluding carboxylic acids is 1. The van der Waals surface area contributed by atoms with Gasteiger partial charge in [-0.25, -0.2) is 9.97 Å². The molecule has 0 radical (unpaired) electrons. The van der Waals surface area contributed by atoms with Crippen molar-refractivity contribution >= 4 is 24.0 Å². The van der Waals surface area contributed by atoms with Crippen LogP contribution in [0.2, 0.25) is 0 Å². The van der Waals surface area contributed by atoms with E-state index in [1.165, 1.54) is 0 Å². The van der Waals surface area contributed by atoms with Gasteiger partial charge in [-0.1, -0.05) is 18.6 Å². The van der Waals surface area contributed by atoms with E-state index in [0.29, 0.717) is 12.3 Å². The Balaban J connectivity index is 0.00000208. The average molecular weight is 347 g/mol. The van der Waals surface area contributed by atoms with Crippen LogP contribution in [0.4, 0.5) is 5.69 Å². The van der Waals surface area contributed by atoms with Crippen molar-refractivity contribution in [2.75, 3.05) is 5.32 Å². The summed E-state index contributed by atoms with van der Waals surface area (Å²) in [4.78, 5) is 20.7. The SMILES string of the molecule is Cc1nccc(-c2cccc(NC(=O)C[C@@H]3CCC[C@H]3N)c2)n1.Cl. The van der Waals surface area contributed by atoms with Gasteiger partial charge in [0.15, 0.2) is 0 Å². The molecule has 1 aromatic carbocycles. The monoisotopic (exact) mass is 346 g/mol. The van der Waals surface area contributed by atoms with Crippen molar-refractivity contribution in [2.24, 2.45) is 11.7 Å². The van der Waals surface area contributed by atoms with Gasteiger partial charge in [0.25, 0.3) is 0 Å². The molecule has 0 spiro atoms. The molecule has 1 aliphatic carbocycles. The summed E-state index contributed by atoms with van der Waals surface area (Å²) in [6.45, 7) is 1.86. The Hall–Kier alpha value is -1.98. The van der Waals surface area contributed by atoms with E-state index in [1.807, 2.05) is 37.3 Å². The Kier molecular flexibility index (Phi) is 6.29. The second-order valence-corrected chi connectivity index (χ2v) is 6.18. The molecule has 5 nitrogen and oxygen atoms in total. The molecule has 1 amide bonds. The number of aryl methyl sites for hydroxylation is 1. The average Bonchev–Trinajstić information content (AvgIpc) is 2.92. The maximum atomic E-state index is 12.2. The van der Waals surface area contributed by atoms with Crippen LogP contribution in [0.3, 0.4) is 0 Å². The highest BCUT2D eigenvalue weighted by Gasteiger charge is 2.26. The van der Waals surface area contributed by atoms with Gasteiger partial charge < -0.3 is 11.1 Å². The van der Waals surface area contributed by atoms with E-state index in [1.54, 1.807) is 6.20 Å². The van der Waals surface area contributed by atoms with E-state index < -0.39 is 0 Å². The molecule has 0 unspecified atom stereocenters. The second kappa shape index (κ2) is 8.22. The fraction of sp³-hybridized carbons (Fsp3) is 0.389. The molecule has 24 heavy (non-hydrogen) atoms. The van der Waals surface area contributed by atoms with Crippen LogP contribution in [-0.4, -0.2) is 21.9 Å². The number of rotatable bonds is 4. The maximum absolute atomic E-state index is 12.2. The number of benzene rings is 1. The molecule has 1 saturated carbocycles. The summed E-state index contributed by atoms with van der Waals surface area (Å²) in [5, 5.41) is 2.98. The largest absolute Gasteiger partial charge is 0.327 e. The molecular weight excluding hydrogens is 324 g/mol. The van der Waals surface area contributed by atoms with Crippen LogP contribution in [0.1, 0.15) is 31.5 Å². The van der Waals surface area contributed by atoms with Gasteiger partial charge in [-0.3, -0.25) is 4.79 Å². The lowest BCUT2D eigenvalue weighted by molar-refractivity contribution is -0.117. The third kappa shape index (κ3) is 4.52. The zero-order valence-corrected chi connectivity index (χ0v) is 14.6. The number of hydrogen-bond acceptors (Lipinski definition) is 4. The Labute approximate surface area is 148 Å². The molecule has 6 heteroatoms. The summed E-state index contributed by atoms with van der Waals surface area (Å²) in [5.41, 5.74) is 8.65. The van der Waals surface area contributed by atoms with Crippen molar-refractivity contribution in [1.29, 1.82) is 0 Å². The number of amides is 1. The van der Waals surface area contributed by atoms with Gasteiger partial charge in [0.05, 0.1) is 5.69 Å². The van der Waals surface area contributed by atoms with Gasteiger partial charge in [-0.15, -0.1) is 12.4 Å². The topological polar surface area (TPSA) is 80.9 Å². The highest BCUT2D eigenvalue weighted by molar-refractivity contribution is 5.91. The Morgan fingerprint density at radius 1 is 1.33 bits per heavy atom. The van der Waals surface area contributed by atoms with Crippen LogP contribution in [0, 0.1) is 12.8 Å². The molecule has 2 aromatic rings. The van der Waals surface area contributed by atoms with Crippen LogP contribution in [-0.2, 0) is 4.79 Å². The molecule has 1 fully saturated rings. The number of carbonyl (C=O) groups is 1. The van der Waals surface area contributed by atoms with Crippen molar-refractivity contribution in [1.82, 2.24) is 9.97 Å². The van der Waals surface area contributed by atoms with Gasteiger partial charge in [0.1, 0.15) is 5.82 Å². The molecule has 0 bridgehead atoms. The first kappa shape index (κ1) is 18.4. The van der Waals surface area contributed by atoms with Gasteiger partial charge >= 0.3 is 0 Å². The second-order valence-electron chi connectivity index (χ2n) is 6.18. The van der Waals surface area contributed by atoms with E-state index in [-0.39, 0.29) is 24.4 Å². The number of nitrogens with two attached hydrogens (primary N) is 1. The van der Waals surface area contributed by atoms with Crippen LogP contribution in [0.15, 0.2) is 36.5 Å². The quantitative estimate of drug-likeness (QED) is 0.889. The third-order valence-electron chi connectivity index (χ3n) is 4.38. The van der Waals surface area contributed by atoms with Crippen LogP contribution in [0.25, 0.3) is 11.3 Å². The molecule has 0 saturated heterocycles. The molecule has 3 N–H and O–H groups in total. The number of anilines is 1. The number of halogens is 1. The first-order valence-corrected chi connectivity index (χ1v) is 8.07. The Morgan fingerprint density at radius 2 is 2.17 bits per heavy atom. The molecular formula is C18H23ClN4O. The maximum Gasteiger partial charge on any atom is 0.224 e. The first-order valence-electron chi connectivity index (χ1n) is 8.07. The van der Waals surface area contributed by atoms with E-state index in [0.717, 1.165) is 42.0 Å². The zero-order valence-electron chi connectivity index (χ0n) is 13.7. The van der Waals surface area contributed by atoms with E-state index >= 15 is 0 Å². The lowest BCUT2D eigenvalue weighted by Gasteiger charge is -2.15. The van der Waals surface area contributed by atoms with Crippen LogP contribution >= 0.6 is 12.4 Å². The highest BCUT2D eigenvalue weighted by atomic mass is 35.5. The minimum atomic E-state index is 0. The minimum absolute atomic E-state index is 0. The highest BCUT2D eigenvalue weighted by Crippen LogP contribution is 2.27. The molecule has 128 valence electrons. The molecule has 3 rings (SSSR count). The Bertz CT molecular complexity index is 707. The normalized spacial score (nSPS) is 19.6. The molecule has 0 aliphatic heterocycles. The summed E-state index contributed by atoms with van der Waals surface area (Å²) in [5.74, 6) is 1.07. The van der Waals surface area contributed by atoms with Crippen molar-refractivity contribution in [2.45, 2.75) is 38.6 Å². The van der Waals surface area contributed by atoms with Crippen LogP contribution < -0.4 is 11.1 Å². The predicted octanol–water partition coefficient (Wildman–Crippen LogP) is 3.33. The third-order valence-corrected chi connectivity index (χ3v) is 4.38. The fourth-order valence-corrected chi connectivity index (χ4v) is 3.14. The van der Waals surface area contributed by atoms with Crippen molar-refractivity contribution in [3.8, 4) is 11.3 Å². The molecule has 1 heterocycles. The molecule has 2 atom stereocenters. The summed E-state index contributed by atoms with van der Waals surface area (Å²) in [6, 6.07) is 9.76. The zero-order chi connectivity index (χ0) is 16.2. The minimum Gasteiger partial charge on any atom is -0.327 e. The van der Waals surface area contributed by atoms with E-state index in [2.05, 4.69) is 15.3 Å². The lowest BCUT2D eigenvalue weighted by atomic mass is 10.00. The lowest BCUT2D eigenvalue weighted by Crippen LogP contribution is -2.28. The predicted molar refractivity (Wildman–Crippen MR) is 98.0 cm³/mol. The van der Waals surface area contributed by atoms with Gasteiger partial charge in [0.2, 0.25) is 5.91 Å².